The molecule has 2 atom stereocenters. The Morgan fingerprint density at radius 2 is 0.960 bits per heavy atom. The number of hydrogen-bond donors (Lipinski definition) is 0. The molecule has 0 saturated carbocycles. The lowest BCUT2D eigenvalue weighted by molar-refractivity contribution is 0.401. The summed E-state index contributed by atoms with van der Waals surface area (Å²) in [4.78, 5) is 0. The summed E-state index contributed by atoms with van der Waals surface area (Å²) in [6.45, 7) is 9.46. The van der Waals surface area contributed by atoms with E-state index in [0.29, 0.717) is 0 Å². The van der Waals surface area contributed by atoms with Crippen LogP contribution < -0.4 is 0 Å². The van der Waals surface area contributed by atoms with Gasteiger partial charge in [-0.2, -0.15) is 0 Å². The lowest BCUT2D eigenvalue weighted by Crippen LogP contribution is -1.98. The van der Waals surface area contributed by atoms with E-state index in [1.807, 2.05) is 0 Å². The molecule has 0 aliphatic carbocycles. The van der Waals surface area contributed by atoms with Crippen molar-refractivity contribution in [1.29, 1.82) is 0 Å². The van der Waals surface area contributed by atoms with Crippen LogP contribution in [0.15, 0.2) is 12.2 Å². The Morgan fingerprint density at radius 1 is 0.520 bits per heavy atom. The van der Waals surface area contributed by atoms with E-state index in [4.69, 9.17) is 0 Å². The molecule has 0 heteroatoms. The number of allylic oxidation sites excluding steroid dienone is 2. The minimum Gasteiger partial charge on any atom is -0.0888 e. The van der Waals surface area contributed by atoms with E-state index in [-0.39, 0.29) is 0 Å². The summed E-state index contributed by atoms with van der Waals surface area (Å²) in [6.07, 6.45) is 28.8. The molecule has 0 aromatic rings. The van der Waals surface area contributed by atoms with Crippen LogP contribution in [-0.4, -0.2) is 0 Å². The van der Waals surface area contributed by atoms with E-state index in [2.05, 4.69) is 39.8 Å². The molecule has 0 heterocycles. The van der Waals surface area contributed by atoms with Gasteiger partial charge in [-0.05, 0) is 31.1 Å². The summed E-state index contributed by atoms with van der Waals surface area (Å²) < 4.78 is 0. The van der Waals surface area contributed by atoms with Gasteiger partial charge >= 0.3 is 0 Å². The molecule has 2 unspecified atom stereocenters. The zero-order chi connectivity index (χ0) is 18.6. The van der Waals surface area contributed by atoms with E-state index in [9.17, 15) is 0 Å². The molecule has 0 spiro atoms. The molecule has 0 bridgehead atoms. The molecule has 0 saturated heterocycles. The maximum atomic E-state index is 2.47. The van der Waals surface area contributed by atoms with Gasteiger partial charge in [-0.1, -0.05) is 130 Å². The van der Waals surface area contributed by atoms with E-state index in [0.717, 1.165) is 11.8 Å². The maximum absolute atomic E-state index is 2.47. The first kappa shape index (κ1) is 24.7. The van der Waals surface area contributed by atoms with Crippen LogP contribution in [0.5, 0.6) is 0 Å². The highest BCUT2D eigenvalue weighted by molar-refractivity contribution is 4.79. The van der Waals surface area contributed by atoms with E-state index >= 15 is 0 Å². The van der Waals surface area contributed by atoms with Crippen LogP contribution in [0.1, 0.15) is 137 Å². The molecule has 150 valence electrons. The zero-order valence-electron chi connectivity index (χ0n) is 18.3. The average Bonchev–Trinajstić information content (AvgIpc) is 2.61. The standard InChI is InChI=1S/C25H50/c1-5-7-9-11-13-15-17-21-25(4)23-19-18-22-24(3)20-16-14-12-10-8-6-2/h7,9,24-25H,5-6,8,10-23H2,1-4H3. The fourth-order valence-corrected chi connectivity index (χ4v) is 3.76. The van der Waals surface area contributed by atoms with Gasteiger partial charge in [0.15, 0.2) is 0 Å². The van der Waals surface area contributed by atoms with Gasteiger partial charge in [0, 0.05) is 0 Å². The molecular weight excluding hydrogens is 300 g/mol. The third kappa shape index (κ3) is 19.9. The van der Waals surface area contributed by atoms with Crippen molar-refractivity contribution in [2.45, 2.75) is 137 Å². The highest BCUT2D eigenvalue weighted by atomic mass is 14.1. The SMILES string of the molecule is CCC=CCCCCCC(C)CCCCC(C)CCCCCCCC. The first-order valence-electron chi connectivity index (χ1n) is 11.9. The molecule has 0 aromatic heterocycles. The Kier molecular flexibility index (Phi) is 19.8. The second-order valence-electron chi connectivity index (χ2n) is 8.57. The van der Waals surface area contributed by atoms with Gasteiger partial charge in [0.25, 0.3) is 0 Å². The van der Waals surface area contributed by atoms with E-state index in [1.54, 1.807) is 0 Å². The van der Waals surface area contributed by atoms with Crippen LogP contribution in [-0.2, 0) is 0 Å². The lowest BCUT2D eigenvalue weighted by atomic mass is 9.93. The third-order valence-electron chi connectivity index (χ3n) is 5.66. The van der Waals surface area contributed by atoms with Crippen LogP contribution in [0.3, 0.4) is 0 Å². The largest absolute Gasteiger partial charge is 0.0888 e. The molecule has 25 heavy (non-hydrogen) atoms. The summed E-state index contributed by atoms with van der Waals surface area (Å²) >= 11 is 0. The second-order valence-corrected chi connectivity index (χ2v) is 8.57. The highest BCUT2D eigenvalue weighted by Crippen LogP contribution is 2.21. The van der Waals surface area contributed by atoms with Crippen molar-refractivity contribution in [3.05, 3.63) is 12.2 Å². The van der Waals surface area contributed by atoms with Crippen molar-refractivity contribution < 1.29 is 0 Å². The third-order valence-corrected chi connectivity index (χ3v) is 5.66. The van der Waals surface area contributed by atoms with Gasteiger partial charge in [0.2, 0.25) is 0 Å². The normalized spacial score (nSPS) is 14.2. The maximum Gasteiger partial charge on any atom is -0.0351 e. The van der Waals surface area contributed by atoms with Crippen molar-refractivity contribution in [2.75, 3.05) is 0 Å². The molecule has 0 aliphatic heterocycles. The van der Waals surface area contributed by atoms with Gasteiger partial charge < -0.3 is 0 Å². The molecular formula is C25H50. The average molecular weight is 351 g/mol. The van der Waals surface area contributed by atoms with E-state index in [1.165, 1.54) is 109 Å². The number of unbranched alkanes of at least 4 members (excludes halogenated alkanes) is 9. The molecule has 0 amide bonds. The Balaban J connectivity index is 3.32. The Hall–Kier alpha value is -0.260. The van der Waals surface area contributed by atoms with Crippen LogP contribution in [0.4, 0.5) is 0 Å². The first-order chi connectivity index (χ1) is 12.2. The van der Waals surface area contributed by atoms with Crippen molar-refractivity contribution in [3.63, 3.8) is 0 Å². The van der Waals surface area contributed by atoms with Crippen LogP contribution in [0, 0.1) is 11.8 Å². The summed E-state index contributed by atoms with van der Waals surface area (Å²) in [5, 5.41) is 0. The molecule has 0 aromatic carbocycles. The molecule has 0 radical (unpaired) electrons. The summed E-state index contributed by atoms with van der Waals surface area (Å²) in [5.74, 6) is 1.90. The van der Waals surface area contributed by atoms with Gasteiger partial charge in [0.05, 0.1) is 0 Å². The highest BCUT2D eigenvalue weighted by Gasteiger charge is 2.05. The zero-order valence-corrected chi connectivity index (χ0v) is 18.3. The summed E-state index contributed by atoms with van der Waals surface area (Å²) in [6, 6.07) is 0. The first-order valence-corrected chi connectivity index (χ1v) is 11.9. The fourth-order valence-electron chi connectivity index (χ4n) is 3.76. The van der Waals surface area contributed by atoms with Crippen molar-refractivity contribution in [3.8, 4) is 0 Å². The summed E-state index contributed by atoms with van der Waals surface area (Å²) in [5.41, 5.74) is 0. The molecule has 0 fully saturated rings. The Labute approximate surface area is 161 Å². The molecule has 0 N–H and O–H groups in total. The molecule has 0 nitrogen and oxygen atoms in total. The Morgan fingerprint density at radius 3 is 1.48 bits per heavy atom. The van der Waals surface area contributed by atoms with Gasteiger partial charge in [-0.15, -0.1) is 0 Å². The molecule has 0 aliphatic rings. The van der Waals surface area contributed by atoms with Gasteiger partial charge in [-0.25, -0.2) is 0 Å². The number of hydrogen-bond acceptors (Lipinski definition) is 0. The van der Waals surface area contributed by atoms with Crippen molar-refractivity contribution >= 4 is 0 Å². The topological polar surface area (TPSA) is 0 Å². The smallest absolute Gasteiger partial charge is 0.0351 e. The minimum absolute atomic E-state index is 0.944. The van der Waals surface area contributed by atoms with Gasteiger partial charge in [0.1, 0.15) is 0 Å². The quantitative estimate of drug-likeness (QED) is 0.161. The van der Waals surface area contributed by atoms with Gasteiger partial charge in [-0.3, -0.25) is 0 Å². The molecule has 0 rings (SSSR count). The summed E-state index contributed by atoms with van der Waals surface area (Å²) in [7, 11) is 0. The minimum atomic E-state index is 0.944. The van der Waals surface area contributed by atoms with Crippen molar-refractivity contribution in [1.82, 2.24) is 0 Å². The van der Waals surface area contributed by atoms with Crippen LogP contribution in [0.25, 0.3) is 0 Å². The predicted octanol–water partition coefficient (Wildman–Crippen LogP) is 9.49. The van der Waals surface area contributed by atoms with Crippen molar-refractivity contribution in [2.24, 2.45) is 11.8 Å². The number of rotatable bonds is 19. The van der Waals surface area contributed by atoms with E-state index < -0.39 is 0 Å². The monoisotopic (exact) mass is 350 g/mol. The lowest BCUT2D eigenvalue weighted by Gasteiger charge is -2.13. The van der Waals surface area contributed by atoms with Crippen LogP contribution in [0.2, 0.25) is 0 Å². The fraction of sp³-hybridized carbons (Fsp3) is 0.920. The van der Waals surface area contributed by atoms with Crippen LogP contribution >= 0.6 is 0 Å². The predicted molar refractivity (Wildman–Crippen MR) is 117 cm³/mol. The second kappa shape index (κ2) is 20.1. The Bertz CT molecular complexity index is 265.